The van der Waals surface area contributed by atoms with Crippen LogP contribution in [0.25, 0.3) is 0 Å². The molecule has 0 unspecified atom stereocenters. The lowest BCUT2D eigenvalue weighted by atomic mass is 9.75. The topological polar surface area (TPSA) is 57.5 Å². The summed E-state index contributed by atoms with van der Waals surface area (Å²) in [6.45, 7) is 4.20. The summed E-state index contributed by atoms with van der Waals surface area (Å²) >= 11 is 0. The van der Waals surface area contributed by atoms with Gasteiger partial charge in [0, 0.05) is 5.41 Å². The van der Waals surface area contributed by atoms with Gasteiger partial charge in [-0.05, 0) is 47.6 Å². The third-order valence-electron chi connectivity index (χ3n) is 5.63. The van der Waals surface area contributed by atoms with E-state index in [1.807, 2.05) is 6.07 Å². The van der Waals surface area contributed by atoms with Crippen LogP contribution >= 0.6 is 0 Å². The largest absolute Gasteiger partial charge is 0.507 e. The Bertz CT molecular complexity index is 771. The molecule has 0 amide bonds. The summed E-state index contributed by atoms with van der Waals surface area (Å²) in [7, 11) is 0. The number of carboxylic acids is 1. The number of aromatic carboxylic acids is 1. The Labute approximate surface area is 149 Å². The van der Waals surface area contributed by atoms with E-state index in [1.165, 1.54) is 49.3 Å². The molecule has 3 heteroatoms. The number of hydrogen-bond donors (Lipinski definition) is 2. The lowest BCUT2D eigenvalue weighted by Crippen LogP contribution is -2.20. The van der Waals surface area contributed by atoms with Crippen LogP contribution in [0.3, 0.4) is 0 Å². The molecule has 0 aromatic heterocycles. The number of hydrogen-bond acceptors (Lipinski definition) is 2. The van der Waals surface area contributed by atoms with Gasteiger partial charge < -0.3 is 10.2 Å². The van der Waals surface area contributed by atoms with Crippen LogP contribution in [0, 0.1) is 0 Å². The van der Waals surface area contributed by atoms with E-state index >= 15 is 0 Å². The van der Waals surface area contributed by atoms with Crippen molar-refractivity contribution < 1.29 is 15.0 Å². The first-order chi connectivity index (χ1) is 11.9. The van der Waals surface area contributed by atoms with Gasteiger partial charge >= 0.3 is 5.97 Å². The molecule has 0 saturated heterocycles. The lowest BCUT2D eigenvalue weighted by Gasteiger charge is -2.29. The molecule has 0 bridgehead atoms. The van der Waals surface area contributed by atoms with Crippen molar-refractivity contribution in [2.75, 3.05) is 0 Å². The van der Waals surface area contributed by atoms with Crippen molar-refractivity contribution in [2.45, 2.75) is 57.3 Å². The van der Waals surface area contributed by atoms with Crippen LogP contribution in [0.15, 0.2) is 42.5 Å². The highest BCUT2D eigenvalue weighted by atomic mass is 16.4. The highest BCUT2D eigenvalue weighted by molar-refractivity contribution is 5.91. The summed E-state index contributed by atoms with van der Waals surface area (Å²) in [6, 6.07) is 13.6. The van der Waals surface area contributed by atoms with E-state index in [9.17, 15) is 15.0 Å². The zero-order valence-corrected chi connectivity index (χ0v) is 15.0. The molecule has 1 fully saturated rings. The summed E-state index contributed by atoms with van der Waals surface area (Å²) in [5, 5.41) is 19.1. The van der Waals surface area contributed by atoms with Crippen molar-refractivity contribution in [3.8, 4) is 5.75 Å². The Morgan fingerprint density at radius 3 is 2.36 bits per heavy atom. The molecule has 0 heterocycles. The van der Waals surface area contributed by atoms with Crippen LogP contribution < -0.4 is 0 Å². The SMILES string of the molecule is CC(C)(c1cccc(C2CCCCC2)c1)c1ccc(O)c(C(=O)O)c1. The average Bonchev–Trinajstić information content (AvgIpc) is 2.62. The second-order valence-corrected chi connectivity index (χ2v) is 7.62. The number of phenols is 1. The molecule has 25 heavy (non-hydrogen) atoms. The fourth-order valence-electron chi connectivity index (χ4n) is 3.88. The first-order valence-corrected chi connectivity index (χ1v) is 9.07. The van der Waals surface area contributed by atoms with Gasteiger partial charge in [0.25, 0.3) is 0 Å². The third kappa shape index (κ3) is 3.55. The van der Waals surface area contributed by atoms with Crippen molar-refractivity contribution in [3.05, 3.63) is 64.7 Å². The van der Waals surface area contributed by atoms with E-state index in [-0.39, 0.29) is 16.7 Å². The maximum Gasteiger partial charge on any atom is 0.339 e. The second-order valence-electron chi connectivity index (χ2n) is 7.62. The van der Waals surface area contributed by atoms with Gasteiger partial charge in [0.1, 0.15) is 11.3 Å². The number of rotatable bonds is 4. The summed E-state index contributed by atoms with van der Waals surface area (Å²) in [5.41, 5.74) is 3.08. The Morgan fingerprint density at radius 1 is 1.00 bits per heavy atom. The van der Waals surface area contributed by atoms with E-state index in [4.69, 9.17) is 0 Å². The Kier molecular flexibility index (Phi) is 4.85. The number of benzene rings is 2. The number of aromatic hydroxyl groups is 1. The molecule has 0 spiro atoms. The molecule has 0 atom stereocenters. The smallest absolute Gasteiger partial charge is 0.339 e. The summed E-state index contributed by atoms with van der Waals surface area (Å²) in [5.74, 6) is -0.659. The molecule has 0 aliphatic heterocycles. The molecular weight excluding hydrogens is 312 g/mol. The van der Waals surface area contributed by atoms with E-state index < -0.39 is 5.97 Å². The van der Waals surface area contributed by atoms with E-state index in [1.54, 1.807) is 6.07 Å². The van der Waals surface area contributed by atoms with Gasteiger partial charge in [0.05, 0.1) is 0 Å². The minimum Gasteiger partial charge on any atom is -0.507 e. The lowest BCUT2D eigenvalue weighted by molar-refractivity contribution is 0.0693. The second kappa shape index (κ2) is 6.91. The van der Waals surface area contributed by atoms with Crippen LogP contribution in [0.2, 0.25) is 0 Å². The number of carboxylic acid groups (broad SMARTS) is 1. The monoisotopic (exact) mass is 338 g/mol. The Balaban J connectivity index is 1.97. The molecule has 1 aliphatic carbocycles. The molecule has 132 valence electrons. The molecule has 2 aromatic rings. The van der Waals surface area contributed by atoms with Gasteiger partial charge in [-0.1, -0.05) is 63.4 Å². The van der Waals surface area contributed by atoms with Crippen molar-refractivity contribution in [1.29, 1.82) is 0 Å². The van der Waals surface area contributed by atoms with Gasteiger partial charge in [0.2, 0.25) is 0 Å². The quantitative estimate of drug-likeness (QED) is 0.778. The highest BCUT2D eigenvalue weighted by Gasteiger charge is 2.26. The molecular formula is C22H26O3. The van der Waals surface area contributed by atoms with Crippen molar-refractivity contribution >= 4 is 5.97 Å². The molecule has 3 rings (SSSR count). The van der Waals surface area contributed by atoms with Gasteiger partial charge in [-0.2, -0.15) is 0 Å². The summed E-state index contributed by atoms with van der Waals surface area (Å²) in [6.07, 6.45) is 6.46. The van der Waals surface area contributed by atoms with E-state index in [0.29, 0.717) is 5.92 Å². The van der Waals surface area contributed by atoms with E-state index in [0.717, 1.165) is 5.56 Å². The predicted molar refractivity (Wildman–Crippen MR) is 99.5 cm³/mol. The van der Waals surface area contributed by atoms with Crippen molar-refractivity contribution in [1.82, 2.24) is 0 Å². The Morgan fingerprint density at radius 2 is 1.68 bits per heavy atom. The van der Waals surface area contributed by atoms with E-state index in [2.05, 4.69) is 38.1 Å². The highest BCUT2D eigenvalue weighted by Crippen LogP contribution is 2.37. The van der Waals surface area contributed by atoms with Gasteiger partial charge in [0.15, 0.2) is 0 Å². The molecule has 2 aromatic carbocycles. The maximum absolute atomic E-state index is 11.3. The van der Waals surface area contributed by atoms with Gasteiger partial charge in [-0.25, -0.2) is 4.79 Å². The zero-order valence-electron chi connectivity index (χ0n) is 15.0. The molecule has 2 N–H and O–H groups in total. The van der Waals surface area contributed by atoms with Crippen LogP contribution in [0.4, 0.5) is 0 Å². The summed E-state index contributed by atoms with van der Waals surface area (Å²) in [4.78, 5) is 11.3. The Hall–Kier alpha value is -2.29. The summed E-state index contributed by atoms with van der Waals surface area (Å²) < 4.78 is 0. The first kappa shape index (κ1) is 17.5. The zero-order chi connectivity index (χ0) is 18.0. The molecule has 1 aliphatic rings. The van der Waals surface area contributed by atoms with Crippen molar-refractivity contribution in [2.24, 2.45) is 0 Å². The predicted octanol–water partition coefficient (Wildman–Crippen LogP) is 5.46. The maximum atomic E-state index is 11.3. The van der Waals surface area contributed by atoms with Crippen LogP contribution in [0.1, 0.15) is 78.9 Å². The first-order valence-electron chi connectivity index (χ1n) is 9.07. The standard InChI is InChI=1S/C22H26O3/c1-22(2,18-11-12-20(23)19(14-18)21(24)25)17-10-6-9-16(13-17)15-7-4-3-5-8-15/h6,9-15,23H,3-5,7-8H2,1-2H3,(H,24,25). The fraction of sp³-hybridized carbons (Fsp3) is 0.409. The fourth-order valence-corrected chi connectivity index (χ4v) is 3.88. The van der Waals surface area contributed by atoms with Gasteiger partial charge in [-0.3, -0.25) is 0 Å². The normalized spacial score (nSPS) is 15.9. The minimum absolute atomic E-state index is 0.0472. The van der Waals surface area contributed by atoms with Crippen LogP contribution in [0.5, 0.6) is 5.75 Å². The van der Waals surface area contributed by atoms with Crippen LogP contribution in [-0.4, -0.2) is 16.2 Å². The minimum atomic E-state index is -1.11. The molecule has 3 nitrogen and oxygen atoms in total. The molecule has 0 radical (unpaired) electrons. The van der Waals surface area contributed by atoms with Gasteiger partial charge in [-0.15, -0.1) is 0 Å². The van der Waals surface area contributed by atoms with Crippen LogP contribution in [-0.2, 0) is 5.41 Å². The number of carbonyl (C=O) groups is 1. The average molecular weight is 338 g/mol. The molecule has 1 saturated carbocycles. The third-order valence-corrected chi connectivity index (χ3v) is 5.63. The van der Waals surface area contributed by atoms with Crippen molar-refractivity contribution in [3.63, 3.8) is 0 Å².